The van der Waals surface area contributed by atoms with E-state index in [2.05, 4.69) is 44.8 Å². The SMILES string of the molecule is C/N=C1/[C@H](C)C[C@H](C)/C=C/C=C/C=C(\C)[C@@H](OC)C[C@@H]2CC[C@@H](C)[C@@](O)(O2)C(=O)C(=O)N2CCCC[C@H]2C(=O)O[C@H]([C@H](C)C[C@@H]2CC[C@@H](O)[C@H](OC)C2)CC[C@H](C)/C=C(\C)[C@@H](O)[C@H]1OC. The van der Waals surface area contributed by atoms with Gasteiger partial charge in [-0.05, 0) is 132 Å². The summed E-state index contributed by atoms with van der Waals surface area (Å²) < 4.78 is 30.1. The molecule has 1 aliphatic carbocycles. The maximum Gasteiger partial charge on any atom is 0.329 e. The molecule has 0 unspecified atom stereocenters. The van der Waals surface area contributed by atoms with E-state index in [0.717, 1.165) is 36.1 Å². The number of nitrogens with zero attached hydrogens (tertiary/aromatic N) is 2. The van der Waals surface area contributed by atoms with Gasteiger partial charge in [0.25, 0.3) is 11.7 Å². The highest BCUT2D eigenvalue weighted by Crippen LogP contribution is 2.38. The molecule has 3 N–H and O–H groups in total. The molecule has 1 saturated carbocycles. The number of piperidine rings is 1. The van der Waals surface area contributed by atoms with Crippen molar-refractivity contribution < 1.29 is 53.4 Å². The summed E-state index contributed by atoms with van der Waals surface area (Å²) in [6, 6.07) is -0.999. The average Bonchev–Trinajstić information content (AvgIpc) is 3.28. The van der Waals surface area contributed by atoms with E-state index in [0.29, 0.717) is 64.2 Å². The molecule has 0 radical (unpaired) electrons. The van der Waals surface area contributed by atoms with Crippen LogP contribution in [0.1, 0.15) is 132 Å². The Labute approximate surface area is 390 Å². The van der Waals surface area contributed by atoms with E-state index in [9.17, 15) is 29.7 Å². The summed E-state index contributed by atoms with van der Waals surface area (Å²) in [5, 5.41) is 34.2. The zero-order chi connectivity index (χ0) is 48.0. The number of amides is 1. The van der Waals surface area contributed by atoms with Crippen molar-refractivity contribution >= 4 is 23.4 Å². The molecule has 13 heteroatoms. The molecule has 13 nitrogen and oxygen atoms in total. The number of rotatable bonds is 6. The summed E-state index contributed by atoms with van der Waals surface area (Å²) in [5.74, 6) is -5.17. The predicted octanol–water partition coefficient (Wildman–Crippen LogP) is 7.50. The zero-order valence-electron chi connectivity index (χ0n) is 41.4. The molecule has 2 bridgehead atoms. The number of hydrogen-bond acceptors (Lipinski definition) is 12. The Kier molecular flexibility index (Phi) is 21.8. The average molecular weight is 913 g/mol. The first-order chi connectivity index (χ1) is 30.9. The molecule has 0 aromatic heterocycles. The number of ketones is 1. The number of fused-ring (bicyclic) bond motifs is 3. The van der Waals surface area contributed by atoms with Gasteiger partial charge in [0.1, 0.15) is 24.4 Å². The van der Waals surface area contributed by atoms with E-state index in [-0.39, 0.29) is 48.3 Å². The van der Waals surface area contributed by atoms with Crippen molar-refractivity contribution in [3.63, 3.8) is 0 Å². The lowest BCUT2D eigenvalue weighted by molar-refractivity contribution is -0.265. The van der Waals surface area contributed by atoms with Crippen molar-refractivity contribution in [1.82, 2.24) is 4.90 Å². The Balaban J connectivity index is 1.69. The van der Waals surface area contributed by atoms with Crippen LogP contribution in [0.3, 0.4) is 0 Å². The standard InChI is InChI=1S/C52H84N2O11/c1-32-17-13-12-14-18-34(3)44(61-9)31-40-23-21-38(7)52(60,65-40)49(57)50(58)54-26-16-15-19-41(54)51(59)64-43(35(4)29-39-22-24-42(55)45(30-39)62-10)25-20-33(2)28-37(6)47(56)48(63-11)46(53-8)36(5)27-32/h12-14,17-18,28,32-33,35-36,38-45,47-48,55-56,60H,15-16,19-27,29-31H2,1-11H3/b14-12+,17-13+,34-18+,37-28+,53-46-/t32-,33+,35-,36-,38-,39+,40+,41+,42-,43+,44+,45-,47-,48+,52-/m1/s1. The van der Waals surface area contributed by atoms with Gasteiger partial charge in [-0.2, -0.15) is 0 Å². The Morgan fingerprint density at radius 3 is 2.26 bits per heavy atom. The van der Waals surface area contributed by atoms with Gasteiger partial charge in [-0.3, -0.25) is 14.6 Å². The summed E-state index contributed by atoms with van der Waals surface area (Å²) in [6.45, 7) is 14.2. The number of aliphatic imine (C=N–C) groups is 1. The number of ether oxygens (including phenoxy) is 5. The topological polar surface area (TPSA) is 174 Å². The monoisotopic (exact) mass is 913 g/mol. The third-order valence-electron chi connectivity index (χ3n) is 14.8. The number of aliphatic hydroxyl groups is 3. The molecule has 4 rings (SSSR count). The summed E-state index contributed by atoms with van der Waals surface area (Å²) >= 11 is 0. The fourth-order valence-corrected chi connectivity index (χ4v) is 10.7. The van der Waals surface area contributed by atoms with Crippen LogP contribution in [0.2, 0.25) is 0 Å². The maximum absolute atomic E-state index is 14.4. The summed E-state index contributed by atoms with van der Waals surface area (Å²) in [6.07, 6.45) is 16.2. The van der Waals surface area contributed by atoms with Gasteiger partial charge >= 0.3 is 5.97 Å². The molecular formula is C52H84N2O11. The van der Waals surface area contributed by atoms with Crippen molar-refractivity contribution in [2.45, 2.75) is 186 Å². The minimum absolute atomic E-state index is 0.00261. The number of Topliss-reactive ketones (excluding diaryl/α,β-unsaturated/α-hetero) is 1. The molecule has 0 spiro atoms. The van der Waals surface area contributed by atoms with Gasteiger partial charge in [-0.1, -0.05) is 71.1 Å². The molecule has 2 saturated heterocycles. The van der Waals surface area contributed by atoms with E-state index in [4.69, 9.17) is 23.7 Å². The number of methoxy groups -OCH3 is 3. The molecule has 15 atom stereocenters. The lowest BCUT2D eigenvalue weighted by Crippen LogP contribution is -2.61. The summed E-state index contributed by atoms with van der Waals surface area (Å²) in [5.41, 5.74) is 2.49. The van der Waals surface area contributed by atoms with Gasteiger partial charge in [0.05, 0.1) is 24.4 Å². The number of hydrogen-bond donors (Lipinski definition) is 3. The third kappa shape index (κ3) is 14.7. The lowest BCUT2D eigenvalue weighted by atomic mass is 9.78. The first-order valence-corrected chi connectivity index (χ1v) is 24.5. The van der Waals surface area contributed by atoms with Gasteiger partial charge in [-0.25, -0.2) is 4.79 Å². The quantitative estimate of drug-likeness (QED) is 0.137. The molecule has 3 fully saturated rings. The second-order valence-electron chi connectivity index (χ2n) is 19.9. The van der Waals surface area contributed by atoms with E-state index in [1.165, 1.54) is 4.90 Å². The number of allylic oxidation sites excluding steroid dienone is 6. The van der Waals surface area contributed by atoms with Gasteiger partial charge in [0, 0.05) is 53.0 Å². The Bertz CT molecular complexity index is 1710. The minimum Gasteiger partial charge on any atom is -0.461 e. The molecule has 65 heavy (non-hydrogen) atoms. The van der Waals surface area contributed by atoms with Crippen LogP contribution in [-0.4, -0.2) is 133 Å². The van der Waals surface area contributed by atoms with Crippen molar-refractivity contribution in [2.75, 3.05) is 34.9 Å². The van der Waals surface area contributed by atoms with Gasteiger partial charge in [-0.15, -0.1) is 0 Å². The second kappa shape index (κ2) is 25.9. The summed E-state index contributed by atoms with van der Waals surface area (Å²) in [4.78, 5) is 48.8. The van der Waals surface area contributed by atoms with Crippen molar-refractivity contribution in [3.05, 3.63) is 47.6 Å². The molecular weight excluding hydrogens is 829 g/mol. The van der Waals surface area contributed by atoms with E-state index >= 15 is 0 Å². The Hall–Kier alpha value is -3.04. The third-order valence-corrected chi connectivity index (χ3v) is 14.8. The van der Waals surface area contributed by atoms with E-state index < -0.39 is 65.9 Å². The molecule has 0 aromatic carbocycles. The second-order valence-corrected chi connectivity index (χ2v) is 19.9. The molecule has 0 aromatic rings. The molecule has 368 valence electrons. The van der Waals surface area contributed by atoms with Crippen LogP contribution in [0.4, 0.5) is 0 Å². The predicted molar refractivity (Wildman–Crippen MR) is 253 cm³/mol. The summed E-state index contributed by atoms with van der Waals surface area (Å²) in [7, 11) is 6.59. The first kappa shape index (κ1) is 54.6. The van der Waals surface area contributed by atoms with Crippen LogP contribution in [0.25, 0.3) is 0 Å². The van der Waals surface area contributed by atoms with Crippen LogP contribution in [0.15, 0.2) is 52.6 Å². The normalized spacial score (nSPS) is 41.0. The molecule has 4 aliphatic rings. The Morgan fingerprint density at radius 2 is 1.58 bits per heavy atom. The lowest BCUT2D eigenvalue weighted by Gasteiger charge is -2.42. The van der Waals surface area contributed by atoms with Gasteiger partial charge < -0.3 is 43.9 Å². The molecule has 3 heterocycles. The van der Waals surface area contributed by atoms with Crippen LogP contribution in [0.5, 0.6) is 0 Å². The number of aliphatic hydroxyl groups excluding tert-OH is 2. The number of carbonyl (C=O) groups excluding carboxylic acids is 3. The molecule has 3 aliphatic heterocycles. The van der Waals surface area contributed by atoms with Crippen LogP contribution in [-0.2, 0) is 38.1 Å². The van der Waals surface area contributed by atoms with Crippen molar-refractivity contribution in [1.29, 1.82) is 0 Å². The highest BCUT2D eigenvalue weighted by Gasteiger charge is 2.53. The van der Waals surface area contributed by atoms with E-state index in [1.807, 2.05) is 38.2 Å². The minimum atomic E-state index is -2.37. The number of cyclic esters (lactones) is 1. The molecule has 1 amide bonds. The largest absolute Gasteiger partial charge is 0.461 e. The first-order valence-electron chi connectivity index (χ1n) is 24.5. The van der Waals surface area contributed by atoms with Crippen molar-refractivity contribution in [2.24, 2.45) is 40.5 Å². The van der Waals surface area contributed by atoms with Crippen LogP contribution >= 0.6 is 0 Å². The van der Waals surface area contributed by atoms with Crippen molar-refractivity contribution in [3.8, 4) is 0 Å². The highest BCUT2D eigenvalue weighted by atomic mass is 16.6. The van der Waals surface area contributed by atoms with E-state index in [1.54, 1.807) is 35.3 Å². The van der Waals surface area contributed by atoms with Gasteiger partial charge in [0.2, 0.25) is 5.79 Å². The maximum atomic E-state index is 14.4. The highest BCUT2D eigenvalue weighted by molar-refractivity contribution is 6.39. The zero-order valence-corrected chi connectivity index (χ0v) is 41.4. The van der Waals surface area contributed by atoms with Crippen LogP contribution < -0.4 is 0 Å². The number of esters is 1. The van der Waals surface area contributed by atoms with Crippen LogP contribution in [0, 0.1) is 35.5 Å². The Morgan fingerprint density at radius 1 is 0.846 bits per heavy atom. The number of carbonyl (C=O) groups is 3. The fourth-order valence-electron chi connectivity index (χ4n) is 10.7. The fraction of sp³-hybridized carbons (Fsp3) is 0.769. The smallest absolute Gasteiger partial charge is 0.329 e. The van der Waals surface area contributed by atoms with Gasteiger partial charge in [0.15, 0.2) is 0 Å².